The molecule has 114 valence electrons. The molecule has 1 aromatic heterocycles. The summed E-state index contributed by atoms with van der Waals surface area (Å²) in [4.78, 5) is 0. The molecule has 0 bridgehead atoms. The highest BCUT2D eigenvalue weighted by Crippen LogP contribution is 2.27. The second kappa shape index (κ2) is 6.15. The van der Waals surface area contributed by atoms with Crippen LogP contribution in [0.2, 0.25) is 0 Å². The van der Waals surface area contributed by atoms with Crippen LogP contribution in [0.1, 0.15) is 38.8 Å². The van der Waals surface area contributed by atoms with Crippen molar-refractivity contribution in [2.45, 2.75) is 45.8 Å². The molecule has 0 saturated heterocycles. The van der Waals surface area contributed by atoms with Gasteiger partial charge in [-0.1, -0.05) is 25.4 Å². The Balaban J connectivity index is 2.41. The van der Waals surface area contributed by atoms with Gasteiger partial charge in [0.05, 0.1) is 0 Å². The van der Waals surface area contributed by atoms with Crippen molar-refractivity contribution in [2.75, 3.05) is 0 Å². The maximum absolute atomic E-state index is 12.3. The van der Waals surface area contributed by atoms with E-state index in [-0.39, 0.29) is 5.84 Å². The summed E-state index contributed by atoms with van der Waals surface area (Å²) >= 11 is 0. The number of halogens is 3. The Labute approximate surface area is 115 Å². The number of hydrogen-bond acceptors (Lipinski definition) is 3. The Hall–Kier alpha value is -1.73. The quantitative estimate of drug-likeness (QED) is 0.278. The molecule has 0 aliphatic heterocycles. The van der Waals surface area contributed by atoms with Crippen molar-refractivity contribution in [3.8, 4) is 0 Å². The summed E-state index contributed by atoms with van der Waals surface area (Å²) in [6, 6.07) is 0.959. The summed E-state index contributed by atoms with van der Waals surface area (Å²) < 4.78 is 38.3. The summed E-state index contributed by atoms with van der Waals surface area (Å²) in [6.45, 7) is 4.10. The minimum Gasteiger partial charge on any atom is -0.409 e. The summed E-state index contributed by atoms with van der Waals surface area (Å²) in [5.74, 6) is 0.149. The van der Waals surface area contributed by atoms with Crippen molar-refractivity contribution in [3.05, 3.63) is 18.0 Å². The summed E-state index contributed by atoms with van der Waals surface area (Å²) in [6.07, 6.45) is -1.00. The Kier molecular flexibility index (Phi) is 5.02. The second-order valence-corrected chi connectivity index (χ2v) is 5.29. The van der Waals surface area contributed by atoms with Gasteiger partial charge in [-0.05, 0) is 18.9 Å². The first-order chi connectivity index (χ1) is 9.16. The van der Waals surface area contributed by atoms with Crippen molar-refractivity contribution >= 4 is 5.84 Å². The fourth-order valence-electron chi connectivity index (χ4n) is 1.74. The molecule has 0 fully saturated rings. The van der Waals surface area contributed by atoms with E-state index in [0.717, 1.165) is 12.5 Å². The molecule has 1 heterocycles. The third-order valence-corrected chi connectivity index (χ3v) is 3.17. The van der Waals surface area contributed by atoms with Crippen LogP contribution in [0.25, 0.3) is 0 Å². The molecule has 0 radical (unpaired) electrons. The van der Waals surface area contributed by atoms with Crippen LogP contribution in [-0.2, 0) is 12.7 Å². The predicted octanol–water partition coefficient (Wildman–Crippen LogP) is 2.84. The highest BCUT2D eigenvalue weighted by Gasteiger charge is 2.33. The van der Waals surface area contributed by atoms with Crippen LogP contribution in [0, 0.1) is 5.41 Å². The van der Waals surface area contributed by atoms with Gasteiger partial charge in [0.15, 0.2) is 5.69 Å². The van der Waals surface area contributed by atoms with Gasteiger partial charge in [-0.2, -0.15) is 18.3 Å². The molecule has 20 heavy (non-hydrogen) atoms. The fourth-order valence-corrected chi connectivity index (χ4v) is 1.74. The molecular weight excluding hydrogens is 273 g/mol. The first-order valence-electron chi connectivity index (χ1n) is 6.25. The smallest absolute Gasteiger partial charge is 0.409 e. The highest BCUT2D eigenvalue weighted by atomic mass is 19.4. The summed E-state index contributed by atoms with van der Waals surface area (Å²) in [5.41, 5.74) is 4.24. The molecule has 0 spiro atoms. The van der Waals surface area contributed by atoms with Crippen LogP contribution in [0.4, 0.5) is 13.2 Å². The van der Waals surface area contributed by atoms with Crippen LogP contribution in [-0.4, -0.2) is 20.8 Å². The maximum atomic E-state index is 12.3. The zero-order valence-corrected chi connectivity index (χ0v) is 11.5. The number of nitrogens with two attached hydrogens (primary N) is 1. The molecule has 3 N–H and O–H groups in total. The van der Waals surface area contributed by atoms with Gasteiger partial charge in [0, 0.05) is 18.2 Å². The Bertz CT molecular complexity index is 466. The molecule has 0 aliphatic rings. The molecule has 0 aliphatic carbocycles. The Morgan fingerprint density at radius 2 is 2.05 bits per heavy atom. The zero-order valence-electron chi connectivity index (χ0n) is 11.5. The highest BCUT2D eigenvalue weighted by molar-refractivity contribution is 5.85. The van der Waals surface area contributed by atoms with E-state index in [2.05, 4.69) is 10.3 Å². The van der Waals surface area contributed by atoms with Gasteiger partial charge in [0.1, 0.15) is 5.84 Å². The first-order valence-corrected chi connectivity index (χ1v) is 6.25. The molecule has 5 nitrogen and oxygen atoms in total. The summed E-state index contributed by atoms with van der Waals surface area (Å²) in [5, 5.41) is 15.1. The van der Waals surface area contributed by atoms with Gasteiger partial charge < -0.3 is 10.9 Å². The molecule has 1 aromatic rings. The van der Waals surface area contributed by atoms with E-state index < -0.39 is 17.3 Å². The van der Waals surface area contributed by atoms with E-state index in [1.165, 1.54) is 10.9 Å². The van der Waals surface area contributed by atoms with Crippen molar-refractivity contribution in [1.82, 2.24) is 9.78 Å². The van der Waals surface area contributed by atoms with Crippen LogP contribution in [0.3, 0.4) is 0 Å². The van der Waals surface area contributed by atoms with Gasteiger partial charge >= 0.3 is 6.18 Å². The average Bonchev–Trinajstić information content (AvgIpc) is 2.82. The lowest BCUT2D eigenvalue weighted by atomic mass is 9.86. The Morgan fingerprint density at radius 1 is 1.40 bits per heavy atom. The van der Waals surface area contributed by atoms with E-state index in [1.54, 1.807) is 0 Å². The van der Waals surface area contributed by atoms with Crippen molar-refractivity contribution in [1.29, 1.82) is 0 Å². The normalized spacial score (nSPS) is 13.8. The number of aromatic nitrogens is 2. The van der Waals surface area contributed by atoms with E-state index >= 15 is 0 Å². The van der Waals surface area contributed by atoms with Gasteiger partial charge in [-0.15, -0.1) is 0 Å². The van der Waals surface area contributed by atoms with Crippen molar-refractivity contribution in [3.63, 3.8) is 0 Å². The zero-order chi connectivity index (χ0) is 15.4. The molecule has 0 amide bonds. The van der Waals surface area contributed by atoms with Crippen LogP contribution in [0.15, 0.2) is 17.4 Å². The summed E-state index contributed by atoms with van der Waals surface area (Å²) in [7, 11) is 0. The minimum absolute atomic E-state index is 0.149. The van der Waals surface area contributed by atoms with E-state index in [0.29, 0.717) is 19.4 Å². The topological polar surface area (TPSA) is 76.4 Å². The molecule has 8 heteroatoms. The van der Waals surface area contributed by atoms with E-state index in [9.17, 15) is 13.2 Å². The number of unbranched alkanes of at least 4 members (excludes halogenated alkanes) is 1. The number of aryl methyl sites for hydroxylation is 1. The van der Waals surface area contributed by atoms with Crippen LogP contribution in [0.5, 0.6) is 0 Å². The monoisotopic (exact) mass is 292 g/mol. The molecule has 0 unspecified atom stereocenters. The van der Waals surface area contributed by atoms with Crippen LogP contribution >= 0.6 is 0 Å². The van der Waals surface area contributed by atoms with E-state index in [4.69, 9.17) is 10.9 Å². The molecule has 0 saturated carbocycles. The predicted molar refractivity (Wildman–Crippen MR) is 68.3 cm³/mol. The number of rotatable bonds is 6. The molecule has 0 aromatic carbocycles. The lowest BCUT2D eigenvalue weighted by Crippen LogP contribution is -2.31. The number of nitrogens with zero attached hydrogens (tertiary/aromatic N) is 3. The lowest BCUT2D eigenvalue weighted by Gasteiger charge is -2.22. The minimum atomic E-state index is -4.40. The fraction of sp³-hybridized carbons (Fsp3) is 0.667. The second-order valence-electron chi connectivity index (χ2n) is 5.29. The number of hydrogen-bond donors (Lipinski definition) is 2. The SMILES string of the molecule is CC(C)(CCCCn1ccc(C(F)(F)F)n1)/C(N)=N/O. The van der Waals surface area contributed by atoms with Gasteiger partial charge in [-0.3, -0.25) is 4.68 Å². The van der Waals surface area contributed by atoms with Crippen LogP contribution < -0.4 is 5.73 Å². The van der Waals surface area contributed by atoms with Gasteiger partial charge in [-0.25, -0.2) is 0 Å². The number of alkyl halides is 3. The average molecular weight is 292 g/mol. The van der Waals surface area contributed by atoms with Crippen molar-refractivity contribution in [2.24, 2.45) is 16.3 Å². The number of oxime groups is 1. The van der Waals surface area contributed by atoms with Gasteiger partial charge in [0.25, 0.3) is 0 Å². The molecule has 0 atom stereocenters. The third kappa shape index (κ3) is 4.43. The molecule has 1 rings (SSSR count). The number of amidine groups is 1. The van der Waals surface area contributed by atoms with E-state index in [1.807, 2.05) is 13.8 Å². The van der Waals surface area contributed by atoms with Crippen molar-refractivity contribution < 1.29 is 18.4 Å². The lowest BCUT2D eigenvalue weighted by molar-refractivity contribution is -0.141. The third-order valence-electron chi connectivity index (χ3n) is 3.17. The first kappa shape index (κ1) is 16.3. The van der Waals surface area contributed by atoms with Gasteiger partial charge in [0.2, 0.25) is 0 Å². The largest absolute Gasteiger partial charge is 0.435 e. The Morgan fingerprint density at radius 3 is 2.55 bits per heavy atom. The molecular formula is C12H19F3N4O. The standard InChI is InChI=1S/C12H19F3N4O/c1-11(2,10(16)18-20)6-3-4-7-19-8-5-9(17-19)12(13,14)15/h5,8,20H,3-4,6-7H2,1-2H3,(H2,16,18). The maximum Gasteiger partial charge on any atom is 0.435 e.